The lowest BCUT2D eigenvalue weighted by Gasteiger charge is -2.34. The van der Waals surface area contributed by atoms with Gasteiger partial charge in [0.15, 0.2) is 0 Å². The van der Waals surface area contributed by atoms with E-state index in [-0.39, 0.29) is 5.41 Å². The molecule has 0 saturated heterocycles. The maximum atomic E-state index is 4.99. The molecule has 0 unspecified atom stereocenters. The van der Waals surface area contributed by atoms with Crippen molar-refractivity contribution in [3.8, 4) is 22.4 Å². The fraction of sp³-hybridized carbons (Fsp3) is 0.103. The molecule has 0 aliphatic carbocycles. The summed E-state index contributed by atoms with van der Waals surface area (Å²) in [6.07, 6.45) is 1.91. The normalized spacial score (nSPS) is 14.1. The zero-order chi connectivity index (χ0) is 21.7. The van der Waals surface area contributed by atoms with Crippen LogP contribution in [-0.2, 0) is 5.41 Å². The van der Waals surface area contributed by atoms with Gasteiger partial charge in [-0.1, -0.05) is 98.4 Å². The lowest BCUT2D eigenvalue weighted by molar-refractivity contribution is 0.607. The molecule has 3 heteroatoms. The van der Waals surface area contributed by atoms with Crippen LogP contribution in [-0.4, -0.2) is 9.97 Å². The van der Waals surface area contributed by atoms with Gasteiger partial charge in [-0.15, -0.1) is 0 Å². The average Bonchev–Trinajstić information content (AvgIpc) is 2.83. The fourth-order valence-electron chi connectivity index (χ4n) is 4.65. The largest absolute Gasteiger partial charge is 0.252 e. The minimum Gasteiger partial charge on any atom is -0.252 e. The molecule has 154 valence electrons. The van der Waals surface area contributed by atoms with E-state index >= 15 is 0 Å². The Morgan fingerprint density at radius 3 is 2.34 bits per heavy atom. The Morgan fingerprint density at radius 1 is 0.688 bits per heavy atom. The molecule has 0 atom stereocenters. The van der Waals surface area contributed by atoms with Crippen molar-refractivity contribution in [1.29, 1.82) is 0 Å². The number of benzene rings is 4. The molecule has 1 aliphatic heterocycles. The number of aromatic nitrogens is 2. The first-order valence-corrected chi connectivity index (χ1v) is 11.7. The summed E-state index contributed by atoms with van der Waals surface area (Å²) in [6.45, 7) is 4.62. The van der Waals surface area contributed by atoms with Crippen LogP contribution < -0.4 is 0 Å². The van der Waals surface area contributed by atoms with E-state index in [0.29, 0.717) is 0 Å². The first kappa shape index (κ1) is 19.3. The second kappa shape index (κ2) is 7.32. The minimum absolute atomic E-state index is 0.0185. The van der Waals surface area contributed by atoms with Crippen LogP contribution in [0.3, 0.4) is 0 Å². The monoisotopic (exact) mass is 430 g/mol. The van der Waals surface area contributed by atoms with E-state index < -0.39 is 0 Å². The van der Waals surface area contributed by atoms with Crippen LogP contribution in [0.15, 0.2) is 107 Å². The highest BCUT2D eigenvalue weighted by Gasteiger charge is 2.32. The molecule has 6 rings (SSSR count). The van der Waals surface area contributed by atoms with E-state index in [1.165, 1.54) is 20.9 Å². The summed E-state index contributed by atoms with van der Waals surface area (Å²) in [6, 6.07) is 32.0. The summed E-state index contributed by atoms with van der Waals surface area (Å²) in [5, 5.41) is 0. The summed E-state index contributed by atoms with van der Waals surface area (Å²) in [4.78, 5) is 12.5. The predicted molar refractivity (Wildman–Crippen MR) is 133 cm³/mol. The third-order valence-corrected chi connectivity index (χ3v) is 7.52. The molecule has 0 fully saturated rings. The molecule has 0 radical (unpaired) electrons. The van der Waals surface area contributed by atoms with Crippen molar-refractivity contribution in [3.63, 3.8) is 0 Å². The van der Waals surface area contributed by atoms with Crippen LogP contribution in [0.4, 0.5) is 0 Å². The number of para-hydroxylation sites is 1. The van der Waals surface area contributed by atoms with Gasteiger partial charge >= 0.3 is 0 Å². The Morgan fingerprint density at radius 2 is 1.47 bits per heavy atom. The standard InChI is InChI=1S/C29H22N2S/c1-29(2)22-12-6-7-14-26(22)32-27-17-20(15-16-23(27)29)25-18-30-28-21(11-8-13-24(28)31-25)19-9-4-3-5-10-19/h3-18H,1-2H3. The molecule has 0 amide bonds. The van der Waals surface area contributed by atoms with E-state index in [1.807, 2.05) is 30.1 Å². The third-order valence-electron chi connectivity index (χ3n) is 6.39. The lowest BCUT2D eigenvalue weighted by atomic mass is 9.77. The molecule has 1 aliphatic rings. The van der Waals surface area contributed by atoms with Crippen molar-refractivity contribution < 1.29 is 0 Å². The van der Waals surface area contributed by atoms with Gasteiger partial charge in [-0.2, -0.15) is 0 Å². The number of hydrogen-bond donors (Lipinski definition) is 0. The van der Waals surface area contributed by atoms with Crippen LogP contribution in [0.1, 0.15) is 25.0 Å². The highest BCUT2D eigenvalue weighted by Crippen LogP contribution is 2.49. The van der Waals surface area contributed by atoms with E-state index in [2.05, 4.69) is 92.7 Å². The molecule has 0 bridgehead atoms. The Labute approximate surface area is 192 Å². The van der Waals surface area contributed by atoms with Crippen molar-refractivity contribution in [2.75, 3.05) is 0 Å². The van der Waals surface area contributed by atoms with E-state index in [1.54, 1.807) is 0 Å². The maximum Gasteiger partial charge on any atom is 0.0965 e. The summed E-state index contributed by atoms with van der Waals surface area (Å²) in [7, 11) is 0. The molecule has 0 spiro atoms. The SMILES string of the molecule is CC1(C)c2ccccc2Sc2cc(-c3cnc4c(-c5ccccc5)cccc4n3)ccc21. The van der Waals surface area contributed by atoms with Gasteiger partial charge in [-0.3, -0.25) is 4.98 Å². The summed E-state index contributed by atoms with van der Waals surface area (Å²) >= 11 is 1.85. The fourth-order valence-corrected chi connectivity index (χ4v) is 6.08. The Balaban J connectivity index is 1.44. The first-order chi connectivity index (χ1) is 15.6. The zero-order valence-electron chi connectivity index (χ0n) is 18.0. The van der Waals surface area contributed by atoms with Crippen molar-refractivity contribution in [2.24, 2.45) is 0 Å². The van der Waals surface area contributed by atoms with Crippen molar-refractivity contribution in [3.05, 3.63) is 108 Å². The quantitative estimate of drug-likeness (QED) is 0.286. The Kier molecular flexibility index (Phi) is 4.41. The van der Waals surface area contributed by atoms with Crippen LogP contribution in [0, 0.1) is 0 Å². The second-order valence-electron chi connectivity index (χ2n) is 8.73. The van der Waals surface area contributed by atoms with Crippen LogP contribution in [0.2, 0.25) is 0 Å². The van der Waals surface area contributed by atoms with Crippen LogP contribution in [0.25, 0.3) is 33.4 Å². The van der Waals surface area contributed by atoms with Gasteiger partial charge in [0.1, 0.15) is 0 Å². The van der Waals surface area contributed by atoms with Crippen molar-refractivity contribution in [2.45, 2.75) is 29.1 Å². The predicted octanol–water partition coefficient (Wildman–Crippen LogP) is 7.75. The van der Waals surface area contributed by atoms with Gasteiger partial charge in [0, 0.05) is 26.3 Å². The first-order valence-electron chi connectivity index (χ1n) is 10.8. The summed E-state index contributed by atoms with van der Waals surface area (Å²) in [5.74, 6) is 0. The number of rotatable bonds is 2. The molecule has 5 aromatic rings. The maximum absolute atomic E-state index is 4.99. The van der Waals surface area contributed by atoms with Gasteiger partial charge in [0.05, 0.1) is 22.9 Å². The van der Waals surface area contributed by atoms with Gasteiger partial charge in [0.25, 0.3) is 0 Å². The number of hydrogen-bond acceptors (Lipinski definition) is 3. The summed E-state index contributed by atoms with van der Waals surface area (Å²) in [5.41, 5.74) is 8.87. The van der Waals surface area contributed by atoms with E-state index in [0.717, 1.165) is 33.4 Å². The molecule has 2 heterocycles. The third kappa shape index (κ3) is 3.04. The van der Waals surface area contributed by atoms with Gasteiger partial charge in [-0.25, -0.2) is 4.98 Å². The molecular formula is C29H22N2S. The Bertz CT molecular complexity index is 1470. The topological polar surface area (TPSA) is 25.8 Å². The number of fused-ring (bicyclic) bond motifs is 3. The van der Waals surface area contributed by atoms with Gasteiger partial charge in [0.2, 0.25) is 0 Å². The zero-order valence-corrected chi connectivity index (χ0v) is 18.9. The van der Waals surface area contributed by atoms with Crippen LogP contribution >= 0.6 is 11.8 Å². The molecular weight excluding hydrogens is 408 g/mol. The Hall–Kier alpha value is -3.43. The highest BCUT2D eigenvalue weighted by molar-refractivity contribution is 7.99. The molecule has 1 aromatic heterocycles. The molecule has 2 nitrogen and oxygen atoms in total. The van der Waals surface area contributed by atoms with Gasteiger partial charge in [-0.05, 0) is 34.9 Å². The summed E-state index contributed by atoms with van der Waals surface area (Å²) < 4.78 is 0. The average molecular weight is 431 g/mol. The van der Waals surface area contributed by atoms with Crippen LogP contribution in [0.5, 0.6) is 0 Å². The molecule has 4 aromatic carbocycles. The van der Waals surface area contributed by atoms with Crippen molar-refractivity contribution in [1.82, 2.24) is 9.97 Å². The smallest absolute Gasteiger partial charge is 0.0965 e. The molecule has 0 saturated carbocycles. The molecule has 32 heavy (non-hydrogen) atoms. The molecule has 0 N–H and O–H groups in total. The lowest BCUT2D eigenvalue weighted by Crippen LogP contribution is -2.23. The number of nitrogens with zero attached hydrogens (tertiary/aromatic N) is 2. The van der Waals surface area contributed by atoms with Crippen molar-refractivity contribution >= 4 is 22.8 Å². The second-order valence-corrected chi connectivity index (χ2v) is 9.81. The van der Waals surface area contributed by atoms with Gasteiger partial charge < -0.3 is 0 Å². The van der Waals surface area contributed by atoms with E-state index in [9.17, 15) is 0 Å². The minimum atomic E-state index is -0.0185. The van der Waals surface area contributed by atoms with E-state index in [4.69, 9.17) is 9.97 Å². The highest BCUT2D eigenvalue weighted by atomic mass is 32.2.